The van der Waals surface area contributed by atoms with Crippen LogP contribution in [0.5, 0.6) is 0 Å². The first-order valence-corrected chi connectivity index (χ1v) is 7.47. The van der Waals surface area contributed by atoms with Crippen LogP contribution in [0.25, 0.3) is 0 Å². The van der Waals surface area contributed by atoms with E-state index in [-0.39, 0.29) is 6.10 Å². The molecule has 1 aromatic rings. The number of aliphatic hydroxyl groups excluding tert-OH is 1. The summed E-state index contributed by atoms with van der Waals surface area (Å²) in [6, 6.07) is 9.82. The predicted molar refractivity (Wildman–Crippen MR) is 74.1 cm³/mol. The molecule has 1 N–H and O–H groups in total. The molecule has 0 heterocycles. The van der Waals surface area contributed by atoms with Gasteiger partial charge in [-0.3, -0.25) is 0 Å². The summed E-state index contributed by atoms with van der Waals surface area (Å²) in [5, 5.41) is 9.99. The predicted octanol–water partition coefficient (Wildman–Crippen LogP) is 2.94. The monoisotopic (exact) mass is 302 g/mol. The maximum atomic E-state index is 9.99. The van der Waals surface area contributed by atoms with Crippen molar-refractivity contribution in [1.82, 2.24) is 0 Å². The minimum absolute atomic E-state index is 0.383. The van der Waals surface area contributed by atoms with E-state index < -0.39 is 0 Å². The van der Waals surface area contributed by atoms with Crippen molar-refractivity contribution >= 4 is 31.1 Å². The van der Waals surface area contributed by atoms with Crippen molar-refractivity contribution in [3.63, 3.8) is 0 Å². The van der Waals surface area contributed by atoms with E-state index in [0.717, 1.165) is 11.3 Å². The van der Waals surface area contributed by atoms with Gasteiger partial charge < -0.3 is 0 Å². The Labute approximate surface area is 110 Å². The zero-order valence-corrected chi connectivity index (χ0v) is 12.1. The fourth-order valence-corrected chi connectivity index (χ4v) is 3.13. The molecule has 0 spiro atoms. The van der Waals surface area contributed by atoms with Crippen LogP contribution in [0.1, 0.15) is 37.9 Å². The zero-order valence-electron chi connectivity index (χ0n) is 9.56. The third-order valence-electron chi connectivity index (χ3n) is 2.31. The second-order valence-electron chi connectivity index (χ2n) is 3.70. The molecule has 0 aliphatic carbocycles. The van der Waals surface area contributed by atoms with E-state index in [1.54, 1.807) is 0 Å². The molecular formula is C13H18OSSe. The van der Waals surface area contributed by atoms with Gasteiger partial charge in [-0.1, -0.05) is 0 Å². The number of thioether (sulfide) groups is 1. The van der Waals surface area contributed by atoms with Crippen LogP contribution in [0, 0.1) is 0 Å². The first kappa shape index (κ1) is 14.0. The molecular weight excluding hydrogens is 283 g/mol. The topological polar surface area (TPSA) is 20.2 Å². The van der Waals surface area contributed by atoms with E-state index in [2.05, 4.69) is 22.5 Å². The Bertz CT molecular complexity index is 313. The van der Waals surface area contributed by atoms with Gasteiger partial charge in [0, 0.05) is 0 Å². The molecule has 0 saturated carbocycles. The second-order valence-corrected chi connectivity index (χ2v) is 6.51. The van der Waals surface area contributed by atoms with E-state index in [0.29, 0.717) is 6.42 Å². The van der Waals surface area contributed by atoms with Gasteiger partial charge in [-0.25, -0.2) is 0 Å². The molecule has 1 nitrogen and oxygen atoms in total. The normalized spacial score (nSPS) is 12.4. The number of benzene rings is 1. The van der Waals surface area contributed by atoms with Crippen molar-refractivity contribution in [3.05, 3.63) is 35.9 Å². The van der Waals surface area contributed by atoms with Crippen LogP contribution in [-0.2, 0) is 0 Å². The van der Waals surface area contributed by atoms with Crippen molar-refractivity contribution in [3.8, 4) is 0 Å². The molecule has 0 radical (unpaired) electrons. The molecule has 3 heteroatoms. The molecule has 0 aliphatic heterocycles. The maximum absolute atomic E-state index is 9.99. The summed E-state index contributed by atoms with van der Waals surface area (Å²) in [6.45, 7) is 2.19. The molecule has 1 unspecified atom stereocenters. The van der Waals surface area contributed by atoms with Gasteiger partial charge in [-0.15, -0.1) is 0 Å². The van der Waals surface area contributed by atoms with Crippen LogP contribution in [-0.4, -0.2) is 30.2 Å². The Morgan fingerprint density at radius 3 is 2.69 bits per heavy atom. The Kier molecular flexibility index (Phi) is 7.06. The van der Waals surface area contributed by atoms with Crippen molar-refractivity contribution in [2.45, 2.75) is 32.3 Å². The van der Waals surface area contributed by atoms with Crippen molar-refractivity contribution in [1.29, 1.82) is 0 Å². The van der Waals surface area contributed by atoms with E-state index in [1.807, 2.05) is 42.1 Å². The molecule has 1 aromatic carbocycles. The Balaban J connectivity index is 2.34. The fraction of sp³-hybridized carbons (Fsp3) is 0.462. The molecule has 0 amide bonds. The Morgan fingerprint density at radius 2 is 2.06 bits per heavy atom. The Hall–Kier alpha value is -0.0805. The van der Waals surface area contributed by atoms with E-state index in [1.165, 1.54) is 16.6 Å². The SMILES string of the molecule is CCCCSC(=[Se])CC(O)c1ccccc1. The quantitative estimate of drug-likeness (QED) is 0.617. The van der Waals surface area contributed by atoms with Gasteiger partial charge in [0.2, 0.25) is 0 Å². The van der Waals surface area contributed by atoms with Crippen molar-refractivity contribution < 1.29 is 5.11 Å². The molecule has 0 aliphatic rings. The molecule has 0 saturated heterocycles. The number of rotatable bonds is 7. The minimum atomic E-state index is -0.383. The summed E-state index contributed by atoms with van der Waals surface area (Å²) in [5.41, 5.74) is 0.992. The van der Waals surface area contributed by atoms with Crippen molar-refractivity contribution in [2.24, 2.45) is 0 Å². The van der Waals surface area contributed by atoms with Gasteiger partial charge in [-0.05, 0) is 0 Å². The van der Waals surface area contributed by atoms with E-state index >= 15 is 0 Å². The summed E-state index contributed by atoms with van der Waals surface area (Å²) < 4.78 is 1.20. The van der Waals surface area contributed by atoms with Crippen LogP contribution >= 0.6 is 11.8 Å². The third kappa shape index (κ3) is 5.31. The van der Waals surface area contributed by atoms with Gasteiger partial charge >= 0.3 is 110 Å². The molecule has 88 valence electrons. The zero-order chi connectivity index (χ0) is 11.8. The summed E-state index contributed by atoms with van der Waals surface area (Å²) in [4.78, 5) is 0. The Morgan fingerprint density at radius 1 is 1.38 bits per heavy atom. The number of aliphatic hydroxyl groups is 1. The van der Waals surface area contributed by atoms with E-state index in [9.17, 15) is 5.11 Å². The van der Waals surface area contributed by atoms with Crippen molar-refractivity contribution in [2.75, 3.05) is 5.75 Å². The van der Waals surface area contributed by atoms with E-state index in [4.69, 9.17) is 0 Å². The molecule has 16 heavy (non-hydrogen) atoms. The van der Waals surface area contributed by atoms with Crippen LogP contribution < -0.4 is 0 Å². The molecule has 0 aromatic heterocycles. The summed E-state index contributed by atoms with van der Waals surface area (Å²) in [5.74, 6) is 1.14. The number of hydrogen-bond donors (Lipinski definition) is 1. The number of hydrogen-bond acceptors (Lipinski definition) is 2. The standard InChI is InChI=1S/C13H18OSSe/c1-2-3-9-15-13(16)10-12(14)11-7-5-4-6-8-11/h4-8,12,14H,2-3,9-10H2,1H3. The average molecular weight is 301 g/mol. The molecule has 1 rings (SSSR count). The van der Waals surface area contributed by atoms with Gasteiger partial charge in [0.05, 0.1) is 0 Å². The summed E-state index contributed by atoms with van der Waals surface area (Å²) >= 11 is 4.88. The average Bonchev–Trinajstić information content (AvgIpc) is 2.30. The molecule has 1 atom stereocenters. The second kappa shape index (κ2) is 8.08. The first-order chi connectivity index (χ1) is 7.74. The molecule has 0 fully saturated rings. The first-order valence-electron chi connectivity index (χ1n) is 5.62. The van der Waals surface area contributed by atoms with Gasteiger partial charge in [0.15, 0.2) is 0 Å². The third-order valence-corrected chi connectivity index (χ3v) is 4.38. The van der Waals surface area contributed by atoms with Crippen LogP contribution in [0.4, 0.5) is 0 Å². The van der Waals surface area contributed by atoms with Crippen LogP contribution in [0.3, 0.4) is 0 Å². The van der Waals surface area contributed by atoms with Crippen LogP contribution in [0.2, 0.25) is 0 Å². The van der Waals surface area contributed by atoms with Crippen LogP contribution in [0.15, 0.2) is 30.3 Å². The summed E-state index contributed by atoms with van der Waals surface area (Å²) in [6.07, 6.45) is 2.78. The molecule has 0 bridgehead atoms. The van der Waals surface area contributed by atoms with Gasteiger partial charge in [-0.2, -0.15) is 0 Å². The van der Waals surface area contributed by atoms with Gasteiger partial charge in [0.1, 0.15) is 0 Å². The number of unbranched alkanes of at least 4 members (excludes halogenated alkanes) is 1. The fourth-order valence-electron chi connectivity index (χ4n) is 1.34. The van der Waals surface area contributed by atoms with Gasteiger partial charge in [0.25, 0.3) is 0 Å². The summed E-state index contributed by atoms with van der Waals surface area (Å²) in [7, 11) is 0.